The molecule has 0 aliphatic heterocycles. The van der Waals surface area contributed by atoms with Gasteiger partial charge in [0.05, 0.1) is 23.4 Å². The Bertz CT molecular complexity index is 1400. The van der Waals surface area contributed by atoms with Gasteiger partial charge >= 0.3 is 0 Å². The van der Waals surface area contributed by atoms with Crippen LogP contribution in [0.15, 0.2) is 61.2 Å². The summed E-state index contributed by atoms with van der Waals surface area (Å²) in [5, 5.41) is 11.5. The maximum atomic E-state index is 12.8. The molecular weight excluding hydrogens is 404 g/mol. The Morgan fingerprint density at radius 1 is 1.00 bits per heavy atom. The highest BCUT2D eigenvalue weighted by molar-refractivity contribution is 5.92. The zero-order valence-corrected chi connectivity index (χ0v) is 17.6. The molecule has 0 bridgehead atoms. The van der Waals surface area contributed by atoms with E-state index in [4.69, 9.17) is 0 Å². The predicted octanol–water partition coefficient (Wildman–Crippen LogP) is 2.16. The summed E-state index contributed by atoms with van der Waals surface area (Å²) in [6, 6.07) is 11.3. The Balaban J connectivity index is 1.27. The lowest BCUT2D eigenvalue weighted by atomic mass is 10.1. The van der Waals surface area contributed by atoms with Crippen molar-refractivity contribution < 1.29 is 4.79 Å². The molecule has 0 fully saturated rings. The van der Waals surface area contributed by atoms with E-state index in [1.165, 1.54) is 0 Å². The summed E-state index contributed by atoms with van der Waals surface area (Å²) in [5.74, 6) is -0.209. The van der Waals surface area contributed by atoms with E-state index in [1.807, 2.05) is 49.8 Å². The standard InChI is InChI=1S/C23H22N8O/c1-30-15-16(14-27-30)4-6-18-13-21(29-22-9-12-26-31(18)22)23(32)25-11-8-17-5-7-19-20(28-17)3-2-10-24-19/h2-3,5,7,9-10,12-15H,4,6,8,11H2,1H3,(H,25,32). The smallest absolute Gasteiger partial charge is 0.270 e. The number of rotatable bonds is 7. The molecular formula is C23H22N8O. The van der Waals surface area contributed by atoms with Crippen molar-refractivity contribution in [3.8, 4) is 0 Å². The van der Waals surface area contributed by atoms with Crippen LogP contribution in [0.1, 0.15) is 27.4 Å². The van der Waals surface area contributed by atoms with Gasteiger partial charge in [0.1, 0.15) is 5.69 Å². The second-order valence-electron chi connectivity index (χ2n) is 7.61. The van der Waals surface area contributed by atoms with Crippen LogP contribution in [0.25, 0.3) is 16.7 Å². The molecule has 160 valence electrons. The van der Waals surface area contributed by atoms with E-state index in [-0.39, 0.29) is 5.91 Å². The Morgan fingerprint density at radius 3 is 2.81 bits per heavy atom. The highest BCUT2D eigenvalue weighted by atomic mass is 16.1. The number of hydrogen-bond donors (Lipinski definition) is 1. The fraction of sp³-hybridized carbons (Fsp3) is 0.217. The summed E-state index contributed by atoms with van der Waals surface area (Å²) < 4.78 is 3.56. The van der Waals surface area contributed by atoms with Gasteiger partial charge in [-0.15, -0.1) is 0 Å². The number of carbonyl (C=O) groups is 1. The number of aryl methyl sites for hydroxylation is 3. The summed E-state index contributed by atoms with van der Waals surface area (Å²) >= 11 is 0. The molecule has 5 aromatic heterocycles. The van der Waals surface area contributed by atoms with Crippen LogP contribution in [0.2, 0.25) is 0 Å². The highest BCUT2D eigenvalue weighted by Gasteiger charge is 2.13. The number of nitrogens with zero attached hydrogens (tertiary/aromatic N) is 7. The van der Waals surface area contributed by atoms with E-state index in [2.05, 4.69) is 30.5 Å². The maximum absolute atomic E-state index is 12.8. The summed E-state index contributed by atoms with van der Waals surface area (Å²) in [6.07, 6.45) is 9.44. The van der Waals surface area contributed by atoms with Gasteiger partial charge in [-0.25, -0.2) is 9.50 Å². The largest absolute Gasteiger partial charge is 0.350 e. The molecule has 1 amide bonds. The summed E-state index contributed by atoms with van der Waals surface area (Å²) in [5.41, 5.74) is 5.71. The molecule has 1 N–H and O–H groups in total. The molecule has 0 aromatic carbocycles. The molecule has 32 heavy (non-hydrogen) atoms. The van der Waals surface area contributed by atoms with Crippen molar-refractivity contribution in [1.29, 1.82) is 0 Å². The molecule has 0 radical (unpaired) electrons. The zero-order valence-electron chi connectivity index (χ0n) is 17.6. The zero-order chi connectivity index (χ0) is 21.9. The van der Waals surface area contributed by atoms with E-state index in [0.29, 0.717) is 24.3 Å². The molecule has 5 heterocycles. The van der Waals surface area contributed by atoms with Crippen LogP contribution >= 0.6 is 0 Å². The number of aromatic nitrogens is 7. The number of carbonyl (C=O) groups excluding carboxylic acids is 1. The number of fused-ring (bicyclic) bond motifs is 2. The van der Waals surface area contributed by atoms with E-state index < -0.39 is 0 Å². The minimum absolute atomic E-state index is 0.209. The molecule has 0 aliphatic carbocycles. The third-order valence-electron chi connectivity index (χ3n) is 5.27. The number of pyridine rings is 2. The Hall–Kier alpha value is -4.14. The third kappa shape index (κ3) is 4.18. The molecule has 0 aliphatic rings. The summed E-state index contributed by atoms with van der Waals surface area (Å²) in [6.45, 7) is 0.467. The second kappa shape index (κ2) is 8.54. The van der Waals surface area contributed by atoms with Gasteiger partial charge in [0.25, 0.3) is 5.91 Å². The minimum atomic E-state index is -0.209. The van der Waals surface area contributed by atoms with Crippen molar-refractivity contribution in [2.24, 2.45) is 7.05 Å². The second-order valence-corrected chi connectivity index (χ2v) is 7.61. The van der Waals surface area contributed by atoms with E-state index in [1.54, 1.807) is 27.7 Å². The monoisotopic (exact) mass is 426 g/mol. The maximum Gasteiger partial charge on any atom is 0.270 e. The van der Waals surface area contributed by atoms with Gasteiger partial charge in [-0.05, 0) is 48.7 Å². The molecule has 0 atom stereocenters. The molecule has 0 spiro atoms. The Labute approximate surface area is 184 Å². The van der Waals surface area contributed by atoms with Gasteiger partial charge in [0.2, 0.25) is 0 Å². The first kappa shape index (κ1) is 19.8. The van der Waals surface area contributed by atoms with Crippen molar-refractivity contribution >= 4 is 22.6 Å². The topological polar surface area (TPSA) is 103 Å². The van der Waals surface area contributed by atoms with Crippen LogP contribution in [0.4, 0.5) is 0 Å². The number of nitrogens with one attached hydrogen (secondary N) is 1. The van der Waals surface area contributed by atoms with Gasteiger partial charge in [0.15, 0.2) is 5.65 Å². The van der Waals surface area contributed by atoms with Crippen molar-refractivity contribution in [2.75, 3.05) is 6.54 Å². The van der Waals surface area contributed by atoms with Crippen LogP contribution in [0, 0.1) is 0 Å². The van der Waals surface area contributed by atoms with Crippen molar-refractivity contribution in [2.45, 2.75) is 19.3 Å². The summed E-state index contributed by atoms with van der Waals surface area (Å²) in [7, 11) is 1.90. The Kier molecular flexibility index (Phi) is 5.29. The van der Waals surface area contributed by atoms with Crippen molar-refractivity contribution in [3.05, 3.63) is 83.8 Å². The third-order valence-corrected chi connectivity index (χ3v) is 5.27. The Morgan fingerprint density at radius 2 is 1.94 bits per heavy atom. The van der Waals surface area contributed by atoms with Gasteiger partial charge in [-0.1, -0.05) is 0 Å². The normalized spacial score (nSPS) is 11.3. The lowest BCUT2D eigenvalue weighted by Crippen LogP contribution is -2.27. The van der Waals surface area contributed by atoms with Crippen LogP contribution in [0.3, 0.4) is 0 Å². The van der Waals surface area contributed by atoms with Crippen LogP contribution < -0.4 is 5.32 Å². The lowest BCUT2D eigenvalue weighted by Gasteiger charge is -2.09. The van der Waals surface area contributed by atoms with Crippen LogP contribution in [0.5, 0.6) is 0 Å². The molecule has 9 nitrogen and oxygen atoms in total. The SMILES string of the molecule is Cn1cc(CCc2cc(C(=O)NCCc3ccc4ncccc4n3)nc3ccnn23)cn1. The molecule has 0 saturated carbocycles. The van der Waals surface area contributed by atoms with E-state index in [9.17, 15) is 4.79 Å². The average molecular weight is 426 g/mol. The first-order valence-electron chi connectivity index (χ1n) is 10.5. The van der Waals surface area contributed by atoms with Gasteiger partial charge in [0, 0.05) is 49.9 Å². The van der Waals surface area contributed by atoms with Gasteiger partial charge < -0.3 is 5.32 Å². The fourth-order valence-electron chi connectivity index (χ4n) is 3.68. The van der Waals surface area contributed by atoms with Crippen molar-refractivity contribution in [3.63, 3.8) is 0 Å². The molecule has 5 rings (SSSR count). The molecule has 9 heteroatoms. The summed E-state index contributed by atoms with van der Waals surface area (Å²) in [4.78, 5) is 26.1. The molecule has 0 unspecified atom stereocenters. The molecule has 0 saturated heterocycles. The van der Waals surface area contributed by atoms with E-state index in [0.717, 1.165) is 40.8 Å². The highest BCUT2D eigenvalue weighted by Crippen LogP contribution is 2.12. The van der Waals surface area contributed by atoms with Gasteiger partial charge in [-0.3, -0.25) is 19.4 Å². The van der Waals surface area contributed by atoms with Gasteiger partial charge in [-0.2, -0.15) is 10.2 Å². The minimum Gasteiger partial charge on any atom is -0.350 e. The first-order valence-corrected chi connectivity index (χ1v) is 10.5. The van der Waals surface area contributed by atoms with Crippen LogP contribution in [-0.2, 0) is 26.3 Å². The number of hydrogen-bond acceptors (Lipinski definition) is 6. The van der Waals surface area contributed by atoms with Crippen molar-refractivity contribution in [1.82, 2.24) is 39.7 Å². The average Bonchev–Trinajstić information content (AvgIpc) is 3.46. The molecule has 5 aromatic rings. The van der Waals surface area contributed by atoms with Crippen LogP contribution in [-0.4, -0.2) is 46.8 Å². The predicted molar refractivity (Wildman–Crippen MR) is 119 cm³/mol. The fourth-order valence-corrected chi connectivity index (χ4v) is 3.68. The van der Waals surface area contributed by atoms with E-state index >= 15 is 0 Å². The quantitative estimate of drug-likeness (QED) is 0.428. The lowest BCUT2D eigenvalue weighted by molar-refractivity contribution is 0.0949. The first-order chi connectivity index (χ1) is 15.7. The number of amides is 1.